The first-order valence-corrected chi connectivity index (χ1v) is 7.53. The minimum atomic E-state index is -0.0363. The van der Waals surface area contributed by atoms with Crippen molar-refractivity contribution in [3.8, 4) is 0 Å². The molecule has 0 aliphatic rings. The van der Waals surface area contributed by atoms with Crippen LogP contribution >= 0.6 is 27.7 Å². The van der Waals surface area contributed by atoms with E-state index in [1.54, 1.807) is 30.2 Å². The van der Waals surface area contributed by atoms with Gasteiger partial charge in [0.2, 0.25) is 0 Å². The van der Waals surface area contributed by atoms with E-state index in [1.807, 2.05) is 18.2 Å². The number of hydrogen-bond acceptors (Lipinski definition) is 5. The van der Waals surface area contributed by atoms with E-state index in [4.69, 9.17) is 11.6 Å². The number of benzene rings is 1. The Labute approximate surface area is 125 Å². The van der Waals surface area contributed by atoms with Crippen molar-refractivity contribution >= 4 is 33.4 Å². The lowest BCUT2D eigenvalue weighted by molar-refractivity contribution is 0.610. The molecular weight excluding hydrogens is 324 g/mol. The minimum Gasteiger partial charge on any atom is -0.398 e. The van der Waals surface area contributed by atoms with Crippen LogP contribution in [-0.2, 0) is 0 Å². The number of pyridine rings is 1. The summed E-state index contributed by atoms with van der Waals surface area (Å²) in [7, 11) is 0. The van der Waals surface area contributed by atoms with Crippen LogP contribution in [-0.4, -0.2) is 10.7 Å². The lowest BCUT2D eigenvalue weighted by atomic mass is 10.1. The van der Waals surface area contributed by atoms with Crippen LogP contribution in [0.2, 0.25) is 0 Å². The van der Waals surface area contributed by atoms with E-state index in [1.165, 1.54) is 4.90 Å². The van der Waals surface area contributed by atoms with Crippen molar-refractivity contribution in [3.05, 3.63) is 52.8 Å². The number of nitrogens with zero attached hydrogens (tertiary/aromatic N) is 1. The molecule has 6 heteroatoms. The van der Waals surface area contributed by atoms with Crippen LogP contribution in [0.1, 0.15) is 11.6 Å². The highest BCUT2D eigenvalue weighted by atomic mass is 79.9. The Balaban J connectivity index is 2.09. The normalized spacial score (nSPS) is 12.3. The molecule has 2 rings (SSSR count). The van der Waals surface area contributed by atoms with Gasteiger partial charge in [0.1, 0.15) is 0 Å². The molecule has 0 saturated carbocycles. The topological polar surface area (TPSA) is 77.0 Å². The summed E-state index contributed by atoms with van der Waals surface area (Å²) in [4.78, 5) is 5.26. The zero-order valence-electron chi connectivity index (χ0n) is 10.2. The molecule has 0 spiro atoms. The molecule has 1 heterocycles. The highest BCUT2D eigenvalue weighted by Crippen LogP contribution is 2.31. The van der Waals surface area contributed by atoms with E-state index in [0.717, 1.165) is 15.8 Å². The highest BCUT2D eigenvalue weighted by Gasteiger charge is 2.14. The largest absolute Gasteiger partial charge is 0.398 e. The third-order valence-corrected chi connectivity index (χ3v) is 4.83. The van der Waals surface area contributed by atoms with Crippen molar-refractivity contribution in [2.24, 2.45) is 5.84 Å². The number of halogens is 1. The highest BCUT2D eigenvalue weighted by molar-refractivity contribution is 9.10. The molecule has 1 atom stereocenters. The fourth-order valence-corrected chi connectivity index (χ4v) is 3.30. The number of nitrogen functional groups attached to an aromatic ring is 1. The van der Waals surface area contributed by atoms with Gasteiger partial charge in [-0.2, -0.15) is 0 Å². The van der Waals surface area contributed by atoms with E-state index in [0.29, 0.717) is 5.69 Å². The van der Waals surface area contributed by atoms with Gasteiger partial charge in [-0.1, -0.05) is 12.1 Å². The quantitative estimate of drug-likeness (QED) is 0.444. The van der Waals surface area contributed by atoms with Crippen LogP contribution in [0.5, 0.6) is 0 Å². The number of anilines is 1. The van der Waals surface area contributed by atoms with Gasteiger partial charge in [-0.15, -0.1) is 11.8 Å². The van der Waals surface area contributed by atoms with Crippen LogP contribution in [0.4, 0.5) is 5.69 Å². The number of thioether (sulfide) groups is 1. The molecule has 0 amide bonds. The van der Waals surface area contributed by atoms with Crippen molar-refractivity contribution in [1.29, 1.82) is 0 Å². The summed E-state index contributed by atoms with van der Waals surface area (Å²) < 4.78 is 1.08. The standard InChI is InChI=1S/C13H15BrN4S/c14-10-3-1-2-4-13(10)19-8-12(18-16)9-7-17-6-5-11(9)15/h1-7,12,18H,8,16H2,(H2,15,17). The molecule has 1 aromatic carbocycles. The van der Waals surface area contributed by atoms with Gasteiger partial charge in [-0.25, -0.2) is 0 Å². The number of rotatable bonds is 5. The molecule has 0 aliphatic heterocycles. The minimum absolute atomic E-state index is 0.0363. The molecule has 0 fully saturated rings. The van der Waals surface area contributed by atoms with Crippen molar-refractivity contribution in [1.82, 2.24) is 10.4 Å². The molecule has 0 aliphatic carbocycles. The van der Waals surface area contributed by atoms with Crippen LogP contribution in [0.15, 0.2) is 52.1 Å². The van der Waals surface area contributed by atoms with Crippen molar-refractivity contribution in [2.45, 2.75) is 10.9 Å². The maximum atomic E-state index is 5.94. The molecule has 2 aromatic rings. The molecule has 100 valence electrons. The third-order valence-electron chi connectivity index (χ3n) is 2.71. The Morgan fingerprint density at radius 1 is 1.32 bits per heavy atom. The molecule has 0 radical (unpaired) electrons. The Morgan fingerprint density at radius 3 is 2.79 bits per heavy atom. The second-order valence-corrected chi connectivity index (χ2v) is 5.88. The number of hydrogen-bond donors (Lipinski definition) is 3. The van der Waals surface area contributed by atoms with Crippen LogP contribution in [0, 0.1) is 0 Å². The summed E-state index contributed by atoms with van der Waals surface area (Å²) in [5, 5.41) is 0. The van der Waals surface area contributed by atoms with Gasteiger partial charge in [-0.3, -0.25) is 16.3 Å². The summed E-state index contributed by atoms with van der Waals surface area (Å²) in [6.45, 7) is 0. The van der Waals surface area contributed by atoms with Gasteiger partial charge in [0.25, 0.3) is 0 Å². The predicted octanol–water partition coefficient (Wildman–Crippen LogP) is 2.72. The van der Waals surface area contributed by atoms with Gasteiger partial charge >= 0.3 is 0 Å². The number of nitrogens with two attached hydrogens (primary N) is 2. The van der Waals surface area contributed by atoms with Crippen LogP contribution in [0.3, 0.4) is 0 Å². The lowest BCUT2D eigenvalue weighted by Crippen LogP contribution is -2.30. The first kappa shape index (κ1) is 14.3. The molecule has 1 unspecified atom stereocenters. The van der Waals surface area contributed by atoms with E-state index >= 15 is 0 Å². The maximum absolute atomic E-state index is 5.94. The second-order valence-electron chi connectivity index (χ2n) is 3.97. The van der Waals surface area contributed by atoms with Gasteiger partial charge in [0, 0.05) is 38.8 Å². The third kappa shape index (κ3) is 3.70. The summed E-state index contributed by atoms with van der Waals surface area (Å²) in [5.41, 5.74) is 10.4. The fourth-order valence-electron chi connectivity index (χ4n) is 1.67. The first-order valence-electron chi connectivity index (χ1n) is 5.75. The molecule has 19 heavy (non-hydrogen) atoms. The Bertz CT molecular complexity index is 550. The average molecular weight is 339 g/mol. The Morgan fingerprint density at radius 2 is 2.11 bits per heavy atom. The smallest absolute Gasteiger partial charge is 0.0589 e. The fraction of sp³-hybridized carbons (Fsp3) is 0.154. The van der Waals surface area contributed by atoms with Crippen molar-refractivity contribution in [2.75, 3.05) is 11.5 Å². The Hall–Kier alpha value is -1.08. The maximum Gasteiger partial charge on any atom is 0.0589 e. The Kier molecular flexibility index (Phi) is 5.21. The number of nitrogens with one attached hydrogen (secondary N) is 1. The SMILES string of the molecule is NNC(CSc1ccccc1Br)c1cnccc1N. The molecule has 0 saturated heterocycles. The summed E-state index contributed by atoms with van der Waals surface area (Å²) in [5.74, 6) is 6.39. The molecule has 5 N–H and O–H groups in total. The molecular formula is C13H15BrN4S. The summed E-state index contributed by atoms with van der Waals surface area (Å²) in [6, 6.07) is 9.83. The van der Waals surface area contributed by atoms with E-state index in [2.05, 4.69) is 32.4 Å². The van der Waals surface area contributed by atoms with Crippen LogP contribution in [0.25, 0.3) is 0 Å². The summed E-state index contributed by atoms with van der Waals surface area (Å²) >= 11 is 5.24. The van der Waals surface area contributed by atoms with Gasteiger partial charge in [0.05, 0.1) is 6.04 Å². The van der Waals surface area contributed by atoms with Gasteiger partial charge in [0.15, 0.2) is 0 Å². The summed E-state index contributed by atoms with van der Waals surface area (Å²) in [6.07, 6.45) is 3.42. The average Bonchev–Trinajstić information content (AvgIpc) is 2.43. The lowest BCUT2D eigenvalue weighted by Gasteiger charge is -2.17. The van der Waals surface area contributed by atoms with E-state index < -0.39 is 0 Å². The number of hydrazine groups is 1. The zero-order valence-corrected chi connectivity index (χ0v) is 12.6. The predicted molar refractivity (Wildman–Crippen MR) is 83.6 cm³/mol. The van der Waals surface area contributed by atoms with Crippen molar-refractivity contribution < 1.29 is 0 Å². The van der Waals surface area contributed by atoms with Gasteiger partial charge in [-0.05, 0) is 34.1 Å². The molecule has 4 nitrogen and oxygen atoms in total. The molecule has 0 bridgehead atoms. The second kappa shape index (κ2) is 6.91. The monoisotopic (exact) mass is 338 g/mol. The van der Waals surface area contributed by atoms with Crippen molar-refractivity contribution in [3.63, 3.8) is 0 Å². The van der Waals surface area contributed by atoms with Crippen LogP contribution < -0.4 is 17.0 Å². The van der Waals surface area contributed by atoms with E-state index in [-0.39, 0.29) is 6.04 Å². The zero-order chi connectivity index (χ0) is 13.7. The van der Waals surface area contributed by atoms with Gasteiger partial charge < -0.3 is 5.73 Å². The van der Waals surface area contributed by atoms with E-state index in [9.17, 15) is 0 Å². The first-order chi connectivity index (χ1) is 9.22. The number of aromatic nitrogens is 1. The molecule has 1 aromatic heterocycles.